The van der Waals surface area contributed by atoms with E-state index >= 15 is 0 Å². The summed E-state index contributed by atoms with van der Waals surface area (Å²) in [5.74, 6) is 0. The summed E-state index contributed by atoms with van der Waals surface area (Å²) in [5, 5.41) is 10.0. The van der Waals surface area contributed by atoms with Gasteiger partial charge in [0, 0.05) is 12.6 Å². The van der Waals surface area contributed by atoms with Crippen LogP contribution in [-0.4, -0.2) is 40.7 Å². The molecule has 0 aliphatic carbocycles. The van der Waals surface area contributed by atoms with Crippen molar-refractivity contribution in [3.63, 3.8) is 0 Å². The van der Waals surface area contributed by atoms with Crippen molar-refractivity contribution in [3.05, 3.63) is 35.9 Å². The predicted molar refractivity (Wildman–Crippen MR) is 107 cm³/mol. The van der Waals surface area contributed by atoms with E-state index in [2.05, 4.69) is 41.6 Å². The largest absolute Gasteiger partial charge is 0.367 e. The monoisotopic (exact) mass is 465 g/mol. The van der Waals surface area contributed by atoms with Gasteiger partial charge in [-0.2, -0.15) is 0 Å². The van der Waals surface area contributed by atoms with Gasteiger partial charge in [-0.3, -0.25) is 0 Å². The fourth-order valence-corrected chi connectivity index (χ4v) is 4.74. The topological polar surface area (TPSA) is 49.8 Å². The molecule has 1 aliphatic rings. The van der Waals surface area contributed by atoms with Gasteiger partial charge >= 0.3 is 0 Å². The van der Waals surface area contributed by atoms with Crippen LogP contribution in [0.1, 0.15) is 46.1 Å². The molecule has 0 saturated carbocycles. The van der Waals surface area contributed by atoms with E-state index in [0.717, 1.165) is 18.4 Å². The highest BCUT2D eigenvalue weighted by Crippen LogP contribution is 2.30. The van der Waals surface area contributed by atoms with E-state index in [1.54, 1.807) is 0 Å². The van der Waals surface area contributed by atoms with Crippen LogP contribution in [0.15, 0.2) is 30.3 Å². The highest BCUT2D eigenvalue weighted by Gasteiger charge is 2.37. The SMILES string of the molecule is C[C@@H](C1CCC(I)C(O)O1)N(Cc1ccccc1)S(=O)C(C)(C)C. The Balaban J connectivity index is 2.19. The van der Waals surface area contributed by atoms with Gasteiger partial charge in [0.05, 0.1) is 14.8 Å². The van der Waals surface area contributed by atoms with Gasteiger partial charge < -0.3 is 9.84 Å². The summed E-state index contributed by atoms with van der Waals surface area (Å²) in [6.45, 7) is 8.63. The van der Waals surface area contributed by atoms with Crippen molar-refractivity contribution in [3.8, 4) is 0 Å². The maximum atomic E-state index is 13.1. The number of ether oxygens (including phenoxy) is 1. The Morgan fingerprint density at radius 2 is 1.96 bits per heavy atom. The van der Waals surface area contributed by atoms with Crippen molar-refractivity contribution >= 4 is 33.6 Å². The lowest BCUT2D eigenvalue weighted by molar-refractivity contribution is -0.167. The molecule has 4 nitrogen and oxygen atoms in total. The zero-order chi connectivity index (χ0) is 17.9. The number of halogens is 1. The van der Waals surface area contributed by atoms with E-state index < -0.39 is 17.3 Å². The van der Waals surface area contributed by atoms with Crippen molar-refractivity contribution in [2.24, 2.45) is 0 Å². The second kappa shape index (κ2) is 8.58. The van der Waals surface area contributed by atoms with Gasteiger partial charge in [-0.05, 0) is 46.1 Å². The minimum atomic E-state index is -1.16. The van der Waals surface area contributed by atoms with Crippen molar-refractivity contribution in [1.82, 2.24) is 4.31 Å². The Labute approximate surface area is 161 Å². The number of hydrogen-bond acceptors (Lipinski definition) is 3. The van der Waals surface area contributed by atoms with Crippen LogP contribution in [0.2, 0.25) is 0 Å². The number of rotatable bonds is 5. The molecule has 136 valence electrons. The zero-order valence-corrected chi connectivity index (χ0v) is 17.8. The number of alkyl halides is 1. The first-order valence-corrected chi connectivity index (χ1v) is 10.8. The fourth-order valence-electron chi connectivity index (χ4n) is 2.81. The van der Waals surface area contributed by atoms with Gasteiger partial charge in [-0.1, -0.05) is 52.9 Å². The van der Waals surface area contributed by atoms with E-state index in [-0.39, 0.29) is 20.8 Å². The van der Waals surface area contributed by atoms with Crippen LogP contribution in [0.25, 0.3) is 0 Å². The van der Waals surface area contributed by atoms with E-state index in [1.807, 2.05) is 43.3 Å². The molecule has 1 N–H and O–H groups in total. The number of benzene rings is 1. The summed E-state index contributed by atoms with van der Waals surface area (Å²) >= 11 is 2.23. The molecule has 1 aromatic rings. The molecule has 0 radical (unpaired) electrons. The number of nitrogens with zero attached hydrogens (tertiary/aromatic N) is 1. The third kappa shape index (κ3) is 5.24. The maximum absolute atomic E-state index is 13.1. The first-order valence-electron chi connectivity index (χ1n) is 8.40. The third-order valence-corrected chi connectivity index (χ3v) is 7.43. The molecule has 1 saturated heterocycles. The molecule has 1 aromatic carbocycles. The summed E-state index contributed by atoms with van der Waals surface area (Å²) in [6.07, 6.45) is 0.936. The van der Waals surface area contributed by atoms with Crippen molar-refractivity contribution in [2.45, 2.75) is 74.2 Å². The quantitative estimate of drug-likeness (QED) is 0.534. The predicted octanol–water partition coefficient (Wildman–Crippen LogP) is 3.64. The van der Waals surface area contributed by atoms with Crippen LogP contribution in [0, 0.1) is 0 Å². The van der Waals surface area contributed by atoms with Crippen molar-refractivity contribution in [2.75, 3.05) is 0 Å². The second-order valence-electron chi connectivity index (χ2n) is 7.32. The Morgan fingerprint density at radius 1 is 1.33 bits per heavy atom. The van der Waals surface area contributed by atoms with E-state index in [9.17, 15) is 9.32 Å². The number of aliphatic hydroxyl groups is 1. The van der Waals surface area contributed by atoms with Crippen LogP contribution in [0.4, 0.5) is 0 Å². The van der Waals surface area contributed by atoms with Crippen LogP contribution < -0.4 is 0 Å². The van der Waals surface area contributed by atoms with E-state index in [4.69, 9.17) is 4.74 Å². The Kier molecular flexibility index (Phi) is 7.25. The standard InChI is InChI=1S/C18H28INO3S/c1-13(16-11-10-15(19)17(21)23-16)20(24(22)18(2,3)4)12-14-8-6-5-7-9-14/h5-9,13,15-17,21H,10-12H2,1-4H3/t13-,15?,16?,17?,24?/m0/s1. The molecule has 0 spiro atoms. The van der Waals surface area contributed by atoms with Crippen molar-refractivity contribution < 1.29 is 14.1 Å². The van der Waals surface area contributed by atoms with E-state index in [0.29, 0.717) is 6.54 Å². The first kappa shape index (κ1) is 20.3. The molecule has 2 rings (SSSR count). The summed E-state index contributed by atoms with van der Waals surface area (Å²) in [4.78, 5) is 0. The Hall–Kier alpha value is -0.0200. The average Bonchev–Trinajstić information content (AvgIpc) is 2.54. The van der Waals surface area contributed by atoms with Gasteiger partial charge in [-0.15, -0.1) is 0 Å². The molecule has 5 atom stereocenters. The molecule has 1 aliphatic heterocycles. The zero-order valence-electron chi connectivity index (χ0n) is 14.8. The van der Waals surface area contributed by atoms with Gasteiger partial charge in [0.25, 0.3) is 0 Å². The Morgan fingerprint density at radius 3 is 2.50 bits per heavy atom. The van der Waals surface area contributed by atoms with Crippen LogP contribution in [0.5, 0.6) is 0 Å². The molecule has 1 fully saturated rings. The smallest absolute Gasteiger partial charge is 0.166 e. The molecule has 1 heterocycles. The Bertz CT molecular complexity index is 549. The summed E-state index contributed by atoms with van der Waals surface area (Å²) in [5.41, 5.74) is 1.13. The third-order valence-electron chi connectivity index (χ3n) is 4.26. The molecular formula is C18H28INO3S. The lowest BCUT2D eigenvalue weighted by atomic mass is 10.0. The molecule has 24 heavy (non-hydrogen) atoms. The maximum Gasteiger partial charge on any atom is 0.166 e. The van der Waals surface area contributed by atoms with Gasteiger partial charge in [0.1, 0.15) is 11.0 Å². The highest BCUT2D eigenvalue weighted by molar-refractivity contribution is 14.1. The molecule has 6 heteroatoms. The summed E-state index contributed by atoms with van der Waals surface area (Å²) in [7, 11) is -1.16. The number of aliphatic hydroxyl groups excluding tert-OH is 1. The van der Waals surface area contributed by atoms with Gasteiger partial charge in [0.15, 0.2) is 6.29 Å². The minimum Gasteiger partial charge on any atom is -0.367 e. The molecule has 0 aromatic heterocycles. The van der Waals surface area contributed by atoms with Gasteiger partial charge in [0.2, 0.25) is 0 Å². The summed E-state index contributed by atoms with van der Waals surface area (Å²) < 4.78 is 20.7. The molecule has 0 amide bonds. The van der Waals surface area contributed by atoms with Crippen LogP contribution in [-0.2, 0) is 22.3 Å². The lowest BCUT2D eigenvalue weighted by Crippen LogP contribution is -2.51. The van der Waals surface area contributed by atoms with E-state index in [1.165, 1.54) is 0 Å². The normalized spacial score (nSPS) is 27.9. The molecule has 0 bridgehead atoms. The van der Waals surface area contributed by atoms with Crippen LogP contribution >= 0.6 is 22.6 Å². The minimum absolute atomic E-state index is 0.0381. The molecular weight excluding hydrogens is 437 g/mol. The second-order valence-corrected chi connectivity index (χ2v) is 11.1. The molecule has 4 unspecified atom stereocenters. The van der Waals surface area contributed by atoms with Crippen LogP contribution in [0.3, 0.4) is 0 Å². The fraction of sp³-hybridized carbons (Fsp3) is 0.667. The highest BCUT2D eigenvalue weighted by atomic mass is 127. The average molecular weight is 465 g/mol. The number of hydrogen-bond donors (Lipinski definition) is 1. The van der Waals surface area contributed by atoms with Crippen molar-refractivity contribution in [1.29, 1.82) is 0 Å². The first-order chi connectivity index (χ1) is 11.2. The lowest BCUT2D eigenvalue weighted by Gasteiger charge is -2.40. The van der Waals surface area contributed by atoms with Gasteiger partial charge in [-0.25, -0.2) is 8.51 Å². The summed E-state index contributed by atoms with van der Waals surface area (Å²) in [6, 6.07) is 10.1.